The van der Waals surface area contributed by atoms with Crippen molar-refractivity contribution in [3.63, 3.8) is 0 Å². The van der Waals surface area contributed by atoms with Gasteiger partial charge in [-0.2, -0.15) is 0 Å². The van der Waals surface area contributed by atoms with Gasteiger partial charge in [0.05, 0.1) is 5.60 Å². The Morgan fingerprint density at radius 2 is 2.09 bits per heavy atom. The first kappa shape index (κ1) is 6.24. The van der Waals surface area contributed by atoms with Gasteiger partial charge in [-0.3, -0.25) is 0 Å². The Morgan fingerprint density at radius 3 is 2.73 bits per heavy atom. The summed E-state index contributed by atoms with van der Waals surface area (Å²) in [5.41, 5.74) is 2.12. The summed E-state index contributed by atoms with van der Waals surface area (Å²) in [6.45, 7) is 4.26. The molecule has 0 amide bonds. The van der Waals surface area contributed by atoms with Gasteiger partial charge >= 0.3 is 0 Å². The lowest BCUT2D eigenvalue weighted by atomic mass is 9.84. The summed E-state index contributed by atoms with van der Waals surface area (Å²) in [5, 5.41) is 9.85. The topological polar surface area (TPSA) is 20.2 Å². The molecule has 3 rings (SSSR count). The van der Waals surface area contributed by atoms with Crippen LogP contribution in [0.5, 0.6) is 0 Å². The van der Waals surface area contributed by atoms with E-state index in [0.717, 1.165) is 6.42 Å². The van der Waals surface area contributed by atoms with Gasteiger partial charge in [-0.15, -0.1) is 0 Å². The maximum Gasteiger partial charge on any atom is 0.0808 e. The van der Waals surface area contributed by atoms with Crippen molar-refractivity contribution in [3.05, 3.63) is 11.6 Å². The maximum absolute atomic E-state index is 9.85. The third-order valence-corrected chi connectivity index (χ3v) is 3.94. The van der Waals surface area contributed by atoms with E-state index in [2.05, 4.69) is 13.0 Å². The largest absolute Gasteiger partial charge is 0.386 e. The standard InChI is InChI=1S/C10H14O/c1-8-5-9(2,11)3-7-4-10(7,8)6-8/h3,11H,4-6H2,1-2H3. The van der Waals surface area contributed by atoms with Gasteiger partial charge in [-0.05, 0) is 31.6 Å². The molecule has 3 unspecified atom stereocenters. The van der Waals surface area contributed by atoms with Crippen LogP contribution in [0.2, 0.25) is 0 Å². The predicted octanol–water partition coefficient (Wildman–Crippen LogP) is 1.87. The number of hydrogen-bond acceptors (Lipinski definition) is 1. The molecule has 1 N–H and O–H groups in total. The highest BCUT2D eigenvalue weighted by molar-refractivity contribution is 5.50. The van der Waals surface area contributed by atoms with Crippen LogP contribution in [0.15, 0.2) is 11.6 Å². The highest BCUT2D eigenvalue weighted by Gasteiger charge is 2.77. The first-order valence-corrected chi connectivity index (χ1v) is 4.42. The van der Waals surface area contributed by atoms with E-state index in [1.807, 2.05) is 6.92 Å². The minimum Gasteiger partial charge on any atom is -0.386 e. The van der Waals surface area contributed by atoms with E-state index in [-0.39, 0.29) is 0 Å². The van der Waals surface area contributed by atoms with Gasteiger partial charge in [-0.1, -0.05) is 18.6 Å². The van der Waals surface area contributed by atoms with E-state index in [0.29, 0.717) is 10.8 Å². The molecule has 2 fully saturated rings. The lowest BCUT2D eigenvalue weighted by molar-refractivity contribution is 0.0711. The molecule has 1 nitrogen and oxygen atoms in total. The average Bonchev–Trinajstić information content (AvgIpc) is 2.47. The van der Waals surface area contributed by atoms with Crippen LogP contribution in [0.4, 0.5) is 0 Å². The second-order valence-electron chi connectivity index (χ2n) is 5.20. The van der Waals surface area contributed by atoms with Crippen molar-refractivity contribution in [1.29, 1.82) is 0 Å². The van der Waals surface area contributed by atoms with E-state index in [1.54, 1.807) is 0 Å². The zero-order valence-corrected chi connectivity index (χ0v) is 7.15. The van der Waals surface area contributed by atoms with Crippen molar-refractivity contribution in [3.8, 4) is 0 Å². The van der Waals surface area contributed by atoms with Gasteiger partial charge in [0.1, 0.15) is 0 Å². The zero-order valence-electron chi connectivity index (χ0n) is 7.15. The molecule has 0 bridgehead atoms. The Kier molecular flexibility index (Phi) is 0.683. The summed E-state index contributed by atoms with van der Waals surface area (Å²) in [4.78, 5) is 0. The predicted molar refractivity (Wildman–Crippen MR) is 43.1 cm³/mol. The Labute approximate surface area is 67.1 Å². The summed E-state index contributed by atoms with van der Waals surface area (Å²) < 4.78 is 0. The minimum atomic E-state index is -0.499. The molecule has 1 heteroatoms. The molecule has 0 saturated heterocycles. The van der Waals surface area contributed by atoms with E-state index in [1.165, 1.54) is 18.4 Å². The van der Waals surface area contributed by atoms with E-state index in [4.69, 9.17) is 0 Å². The molecular formula is C10H14O. The molecule has 11 heavy (non-hydrogen) atoms. The summed E-state index contributed by atoms with van der Waals surface area (Å²) in [6.07, 6.45) is 5.69. The number of aliphatic hydroxyl groups is 1. The van der Waals surface area contributed by atoms with Gasteiger partial charge in [0.15, 0.2) is 0 Å². The molecule has 3 aliphatic rings. The fourth-order valence-corrected chi connectivity index (χ4v) is 3.32. The highest BCUT2D eigenvalue weighted by Crippen LogP contribution is 2.85. The second-order valence-corrected chi connectivity index (χ2v) is 5.20. The van der Waals surface area contributed by atoms with Crippen molar-refractivity contribution in [1.82, 2.24) is 0 Å². The van der Waals surface area contributed by atoms with Crippen molar-refractivity contribution >= 4 is 0 Å². The van der Waals surface area contributed by atoms with E-state index in [9.17, 15) is 5.11 Å². The molecule has 0 aromatic heterocycles. The van der Waals surface area contributed by atoms with Crippen LogP contribution >= 0.6 is 0 Å². The van der Waals surface area contributed by atoms with Gasteiger partial charge in [0, 0.05) is 5.41 Å². The van der Waals surface area contributed by atoms with E-state index < -0.39 is 5.60 Å². The molecule has 0 aliphatic heterocycles. The Balaban J connectivity index is 2.09. The molecule has 0 radical (unpaired) electrons. The molecule has 1 spiro atoms. The molecule has 60 valence electrons. The third-order valence-electron chi connectivity index (χ3n) is 3.94. The van der Waals surface area contributed by atoms with Crippen LogP contribution in [0, 0.1) is 10.8 Å². The zero-order chi connectivity index (χ0) is 7.91. The summed E-state index contributed by atoms with van der Waals surface area (Å²) in [7, 11) is 0. The summed E-state index contributed by atoms with van der Waals surface area (Å²) in [5.74, 6) is 0. The SMILES string of the molecule is CC1(O)C=C2CC23CC3(C)C1. The fourth-order valence-electron chi connectivity index (χ4n) is 3.32. The van der Waals surface area contributed by atoms with Crippen molar-refractivity contribution in [2.24, 2.45) is 10.8 Å². The number of allylic oxidation sites excluding steroid dienone is 1. The van der Waals surface area contributed by atoms with Crippen molar-refractivity contribution < 1.29 is 5.11 Å². The van der Waals surface area contributed by atoms with Gasteiger partial charge < -0.3 is 5.11 Å². The summed E-state index contributed by atoms with van der Waals surface area (Å²) in [6, 6.07) is 0. The fraction of sp³-hybridized carbons (Fsp3) is 0.800. The number of rotatable bonds is 0. The molecule has 0 aromatic carbocycles. The van der Waals surface area contributed by atoms with Crippen LogP contribution in [0.25, 0.3) is 0 Å². The first-order valence-electron chi connectivity index (χ1n) is 4.42. The number of hydrogen-bond donors (Lipinski definition) is 1. The minimum absolute atomic E-state index is 0.473. The lowest BCUT2D eigenvalue weighted by Crippen LogP contribution is -2.27. The maximum atomic E-state index is 9.85. The van der Waals surface area contributed by atoms with Crippen molar-refractivity contribution in [2.45, 2.75) is 38.7 Å². The normalized spacial score (nSPS) is 64.5. The molecule has 0 heterocycles. The van der Waals surface area contributed by atoms with Gasteiger partial charge in [0.2, 0.25) is 0 Å². The molecule has 0 aromatic rings. The molecule has 3 aliphatic carbocycles. The lowest BCUT2D eigenvalue weighted by Gasteiger charge is -2.26. The Bertz CT molecular complexity index is 277. The second kappa shape index (κ2) is 1.20. The van der Waals surface area contributed by atoms with Crippen LogP contribution < -0.4 is 0 Å². The highest BCUT2D eigenvalue weighted by atomic mass is 16.3. The van der Waals surface area contributed by atoms with Crippen LogP contribution in [0.1, 0.15) is 33.1 Å². The smallest absolute Gasteiger partial charge is 0.0808 e. The van der Waals surface area contributed by atoms with Crippen molar-refractivity contribution in [2.75, 3.05) is 0 Å². The van der Waals surface area contributed by atoms with Gasteiger partial charge in [0.25, 0.3) is 0 Å². The van der Waals surface area contributed by atoms with Gasteiger partial charge in [-0.25, -0.2) is 0 Å². The Morgan fingerprint density at radius 1 is 1.36 bits per heavy atom. The molecule has 2 saturated carbocycles. The third kappa shape index (κ3) is 0.538. The quantitative estimate of drug-likeness (QED) is 0.523. The summed E-state index contributed by atoms with van der Waals surface area (Å²) >= 11 is 0. The molecular weight excluding hydrogens is 136 g/mol. The van der Waals surface area contributed by atoms with Crippen LogP contribution in [-0.2, 0) is 0 Å². The Hall–Kier alpha value is -0.300. The van der Waals surface area contributed by atoms with E-state index >= 15 is 0 Å². The van der Waals surface area contributed by atoms with Crippen LogP contribution in [0.3, 0.4) is 0 Å². The monoisotopic (exact) mass is 150 g/mol. The van der Waals surface area contributed by atoms with Crippen LogP contribution in [-0.4, -0.2) is 10.7 Å². The first-order chi connectivity index (χ1) is 4.98. The molecule has 3 atom stereocenters. The average molecular weight is 150 g/mol.